The first-order valence-electron chi connectivity index (χ1n) is 10.4. The molecule has 1 aromatic rings. The highest BCUT2D eigenvalue weighted by Crippen LogP contribution is 2.41. The summed E-state index contributed by atoms with van der Waals surface area (Å²) >= 11 is 0. The zero-order valence-electron chi connectivity index (χ0n) is 16.3. The number of β-amino-alcohol motifs (C(OH)–C–C–N with tert-alkyl or cyclic N) is 1. The second-order valence-electron chi connectivity index (χ2n) is 8.38. The van der Waals surface area contributed by atoms with Crippen LogP contribution in [0.1, 0.15) is 36.0 Å². The number of likely N-dealkylation sites (tertiary alicyclic amines) is 1. The van der Waals surface area contributed by atoms with E-state index in [0.29, 0.717) is 18.9 Å². The van der Waals surface area contributed by atoms with E-state index in [-0.39, 0.29) is 42.6 Å². The number of benzene rings is 1. The average Bonchev–Trinajstić information content (AvgIpc) is 2.70. The molecule has 2 amide bonds. The molecule has 8 heteroatoms. The predicted molar refractivity (Wildman–Crippen MR) is 102 cm³/mol. The molecule has 4 rings (SSSR count). The van der Waals surface area contributed by atoms with Crippen LogP contribution in [0.5, 0.6) is 0 Å². The minimum atomic E-state index is -1.16. The molecule has 0 aromatic heterocycles. The van der Waals surface area contributed by atoms with Gasteiger partial charge in [0.15, 0.2) is 11.6 Å². The van der Waals surface area contributed by atoms with E-state index in [4.69, 9.17) is 0 Å². The summed E-state index contributed by atoms with van der Waals surface area (Å²) in [5.74, 6) is -2.23. The van der Waals surface area contributed by atoms with Crippen LogP contribution >= 0.6 is 0 Å². The molecule has 0 unspecified atom stereocenters. The number of carbonyl (C=O) groups excluding carboxylic acids is 2. The van der Waals surface area contributed by atoms with Crippen molar-refractivity contribution in [2.24, 2.45) is 11.8 Å². The topological polar surface area (TPSA) is 72.9 Å². The van der Waals surface area contributed by atoms with Gasteiger partial charge in [-0.2, -0.15) is 0 Å². The van der Waals surface area contributed by atoms with Crippen LogP contribution in [0.2, 0.25) is 0 Å². The molecule has 3 fully saturated rings. The lowest BCUT2D eigenvalue weighted by Gasteiger charge is -2.56. The Morgan fingerprint density at radius 2 is 2.03 bits per heavy atom. The zero-order valence-corrected chi connectivity index (χ0v) is 16.3. The van der Waals surface area contributed by atoms with Gasteiger partial charge in [0.2, 0.25) is 5.91 Å². The summed E-state index contributed by atoms with van der Waals surface area (Å²) in [6.45, 7) is 2.52. The second kappa shape index (κ2) is 8.36. The lowest BCUT2D eigenvalue weighted by atomic mass is 9.72. The maximum atomic E-state index is 14.0. The number of rotatable bonds is 5. The summed E-state index contributed by atoms with van der Waals surface area (Å²) in [5, 5.41) is 12.1. The molecule has 2 bridgehead atoms. The van der Waals surface area contributed by atoms with Gasteiger partial charge in [-0.15, -0.1) is 0 Å². The van der Waals surface area contributed by atoms with Gasteiger partial charge in [-0.1, -0.05) is 6.07 Å². The molecule has 4 atom stereocenters. The zero-order chi connectivity index (χ0) is 20.5. The highest BCUT2D eigenvalue weighted by atomic mass is 19.2. The van der Waals surface area contributed by atoms with E-state index >= 15 is 0 Å². The molecule has 29 heavy (non-hydrogen) atoms. The number of halogens is 2. The third-order valence-electron chi connectivity index (χ3n) is 6.66. The SMILES string of the molecule is O=C(NC[C@H]1[C@H]2C[C@H](CN(CCO)C2)[C@@H]2CCCC(=O)N21)c1cccc(F)c1F. The Labute approximate surface area is 168 Å². The number of hydrogen-bond donors (Lipinski definition) is 2. The highest BCUT2D eigenvalue weighted by Gasteiger charge is 2.49. The minimum Gasteiger partial charge on any atom is -0.395 e. The molecular weight excluding hydrogens is 380 g/mol. The van der Waals surface area contributed by atoms with Gasteiger partial charge >= 0.3 is 0 Å². The monoisotopic (exact) mass is 407 g/mol. The average molecular weight is 407 g/mol. The van der Waals surface area contributed by atoms with Crippen molar-refractivity contribution in [3.05, 3.63) is 35.4 Å². The van der Waals surface area contributed by atoms with Crippen molar-refractivity contribution in [2.75, 3.05) is 32.8 Å². The van der Waals surface area contributed by atoms with Crippen molar-refractivity contribution in [1.29, 1.82) is 0 Å². The van der Waals surface area contributed by atoms with E-state index in [1.54, 1.807) is 0 Å². The molecule has 158 valence electrons. The van der Waals surface area contributed by atoms with Crippen LogP contribution in [0.3, 0.4) is 0 Å². The lowest BCUT2D eigenvalue weighted by Crippen LogP contribution is -2.67. The van der Waals surface area contributed by atoms with E-state index in [9.17, 15) is 23.5 Å². The second-order valence-corrected chi connectivity index (χ2v) is 8.38. The Kier molecular flexibility index (Phi) is 5.83. The molecular formula is C21H27F2N3O3. The maximum Gasteiger partial charge on any atom is 0.254 e. The van der Waals surface area contributed by atoms with Crippen molar-refractivity contribution < 1.29 is 23.5 Å². The molecule has 0 radical (unpaired) electrons. The molecule has 6 nitrogen and oxygen atoms in total. The largest absolute Gasteiger partial charge is 0.395 e. The Balaban J connectivity index is 1.52. The van der Waals surface area contributed by atoms with E-state index in [0.717, 1.165) is 38.4 Å². The van der Waals surface area contributed by atoms with Crippen molar-refractivity contribution >= 4 is 11.8 Å². The predicted octanol–water partition coefficient (Wildman–Crippen LogP) is 1.39. The van der Waals surface area contributed by atoms with Crippen LogP contribution in [0.15, 0.2) is 18.2 Å². The number of fused-ring (bicyclic) bond motifs is 4. The Morgan fingerprint density at radius 1 is 1.24 bits per heavy atom. The van der Waals surface area contributed by atoms with Crippen molar-refractivity contribution in [3.8, 4) is 0 Å². The third-order valence-corrected chi connectivity index (χ3v) is 6.66. The Hall–Kier alpha value is -2.06. The number of aliphatic hydroxyl groups is 1. The van der Waals surface area contributed by atoms with Crippen LogP contribution < -0.4 is 5.32 Å². The van der Waals surface area contributed by atoms with E-state index in [2.05, 4.69) is 10.2 Å². The standard InChI is InChI=1S/C21H27F2N3O3/c22-16-4-1-3-15(20(16)23)21(29)24-10-18-14-9-13(11-25(12-14)7-8-27)17-5-2-6-19(28)26(17)18/h1,3-4,13-14,17-18,27H,2,5-12H2,(H,24,29)/t13-,14+,17+,18+/m1/s1. The fourth-order valence-corrected chi connectivity index (χ4v) is 5.43. The molecule has 0 saturated carbocycles. The van der Waals surface area contributed by atoms with Crippen LogP contribution in [0.25, 0.3) is 0 Å². The fourth-order valence-electron chi connectivity index (χ4n) is 5.43. The summed E-state index contributed by atoms with van der Waals surface area (Å²) < 4.78 is 27.4. The van der Waals surface area contributed by atoms with Gasteiger partial charge in [0, 0.05) is 38.6 Å². The first kappa shape index (κ1) is 20.2. The van der Waals surface area contributed by atoms with Gasteiger partial charge in [-0.25, -0.2) is 8.78 Å². The van der Waals surface area contributed by atoms with E-state index < -0.39 is 17.5 Å². The summed E-state index contributed by atoms with van der Waals surface area (Å²) in [6, 6.07) is 3.50. The van der Waals surface area contributed by atoms with Crippen LogP contribution in [0, 0.1) is 23.5 Å². The summed E-state index contributed by atoms with van der Waals surface area (Å²) in [7, 11) is 0. The smallest absolute Gasteiger partial charge is 0.254 e. The number of nitrogens with one attached hydrogen (secondary N) is 1. The normalized spacial score (nSPS) is 29.5. The van der Waals surface area contributed by atoms with Gasteiger partial charge in [0.1, 0.15) is 0 Å². The van der Waals surface area contributed by atoms with Crippen LogP contribution in [0.4, 0.5) is 8.78 Å². The highest BCUT2D eigenvalue weighted by molar-refractivity contribution is 5.94. The molecule has 0 aliphatic carbocycles. The molecule has 3 heterocycles. The van der Waals surface area contributed by atoms with E-state index in [1.807, 2.05) is 4.90 Å². The fraction of sp³-hybridized carbons (Fsp3) is 0.619. The van der Waals surface area contributed by atoms with Gasteiger partial charge in [-0.05, 0) is 43.2 Å². The number of aliphatic hydroxyl groups excluding tert-OH is 1. The van der Waals surface area contributed by atoms with Crippen molar-refractivity contribution in [2.45, 2.75) is 37.8 Å². The van der Waals surface area contributed by atoms with E-state index in [1.165, 1.54) is 12.1 Å². The van der Waals surface area contributed by atoms with Gasteiger partial charge < -0.3 is 20.2 Å². The number of nitrogens with zero attached hydrogens (tertiary/aromatic N) is 2. The van der Waals surface area contributed by atoms with Crippen LogP contribution in [-0.4, -0.2) is 71.6 Å². The lowest BCUT2D eigenvalue weighted by molar-refractivity contribution is -0.152. The van der Waals surface area contributed by atoms with Gasteiger partial charge in [0.05, 0.1) is 18.2 Å². The number of amides is 2. The first-order chi connectivity index (χ1) is 14.0. The molecule has 3 aliphatic rings. The molecule has 1 aromatic carbocycles. The molecule has 3 saturated heterocycles. The minimum absolute atomic E-state index is 0.0903. The van der Waals surface area contributed by atoms with Gasteiger partial charge in [0.25, 0.3) is 5.91 Å². The molecule has 3 aliphatic heterocycles. The maximum absolute atomic E-state index is 14.0. The number of piperidine rings is 3. The summed E-state index contributed by atoms with van der Waals surface area (Å²) in [5.41, 5.74) is -0.328. The first-order valence-corrected chi connectivity index (χ1v) is 10.4. The number of carbonyl (C=O) groups is 2. The summed E-state index contributed by atoms with van der Waals surface area (Å²) in [4.78, 5) is 29.4. The van der Waals surface area contributed by atoms with Crippen molar-refractivity contribution in [1.82, 2.24) is 15.1 Å². The van der Waals surface area contributed by atoms with Crippen LogP contribution in [-0.2, 0) is 4.79 Å². The molecule has 0 spiro atoms. The Morgan fingerprint density at radius 3 is 2.83 bits per heavy atom. The van der Waals surface area contributed by atoms with Crippen molar-refractivity contribution in [3.63, 3.8) is 0 Å². The quantitative estimate of drug-likeness (QED) is 0.774. The third kappa shape index (κ3) is 3.88. The number of hydrogen-bond acceptors (Lipinski definition) is 4. The Bertz CT molecular complexity index is 788. The molecule has 2 N–H and O–H groups in total. The summed E-state index contributed by atoms with van der Waals surface area (Å²) in [6.07, 6.45) is 3.30. The van der Waals surface area contributed by atoms with Gasteiger partial charge in [-0.3, -0.25) is 9.59 Å².